The molecule has 5 nitrogen and oxygen atoms in total. The molecule has 0 bridgehead atoms. The van der Waals surface area contributed by atoms with Crippen molar-refractivity contribution in [2.75, 3.05) is 11.9 Å². The summed E-state index contributed by atoms with van der Waals surface area (Å²) in [7, 11) is 0. The van der Waals surface area contributed by atoms with Crippen molar-refractivity contribution in [2.45, 2.75) is 19.1 Å². The van der Waals surface area contributed by atoms with Gasteiger partial charge in [0.15, 0.2) is 6.04 Å². The van der Waals surface area contributed by atoms with Gasteiger partial charge in [-0.15, -0.1) is 0 Å². The lowest BCUT2D eigenvalue weighted by atomic mass is 10.1. The largest absolute Gasteiger partial charge is 0.464 e. The molecule has 0 fully saturated rings. The fourth-order valence-electron chi connectivity index (χ4n) is 1.39. The van der Waals surface area contributed by atoms with Crippen LogP contribution in [0, 0.1) is 0 Å². The normalized spacial score (nSPS) is 12.7. The maximum absolute atomic E-state index is 12.7. The molecule has 1 rings (SSSR count). The van der Waals surface area contributed by atoms with E-state index in [0.29, 0.717) is 0 Å². The molecule has 110 valence electrons. The van der Waals surface area contributed by atoms with E-state index < -0.39 is 35.3 Å². The van der Waals surface area contributed by atoms with Crippen LogP contribution in [-0.2, 0) is 20.5 Å². The Kier molecular flexibility index (Phi) is 5.09. The summed E-state index contributed by atoms with van der Waals surface area (Å²) in [6.07, 6.45) is -4.63. The van der Waals surface area contributed by atoms with E-state index in [2.05, 4.69) is 4.74 Å². The molecule has 0 radical (unpaired) electrons. The Morgan fingerprint density at radius 2 is 1.95 bits per heavy atom. The fraction of sp³-hybridized carbons (Fsp3) is 0.333. The molecule has 0 saturated carbocycles. The fourth-order valence-corrected chi connectivity index (χ4v) is 1.39. The van der Waals surface area contributed by atoms with Gasteiger partial charge in [0.2, 0.25) is 0 Å². The minimum Gasteiger partial charge on any atom is -0.464 e. The topological polar surface area (TPSA) is 81.4 Å². The van der Waals surface area contributed by atoms with Gasteiger partial charge in [0.25, 0.3) is 5.91 Å². The van der Waals surface area contributed by atoms with Crippen molar-refractivity contribution in [1.82, 2.24) is 0 Å². The maximum atomic E-state index is 12.7. The number of nitrogens with two attached hydrogens (primary N) is 1. The Morgan fingerprint density at radius 1 is 1.35 bits per heavy atom. The van der Waals surface area contributed by atoms with Crippen molar-refractivity contribution in [2.24, 2.45) is 5.73 Å². The van der Waals surface area contributed by atoms with Crippen molar-refractivity contribution >= 4 is 17.6 Å². The first-order chi connectivity index (χ1) is 9.27. The first-order valence-corrected chi connectivity index (χ1v) is 5.66. The summed E-state index contributed by atoms with van der Waals surface area (Å²) < 4.78 is 42.6. The number of hydrogen-bond acceptors (Lipinski definition) is 4. The van der Waals surface area contributed by atoms with Gasteiger partial charge in [0.05, 0.1) is 17.9 Å². The number of anilines is 1. The van der Waals surface area contributed by atoms with E-state index in [9.17, 15) is 22.8 Å². The van der Waals surface area contributed by atoms with Crippen LogP contribution in [0.2, 0.25) is 0 Å². The van der Waals surface area contributed by atoms with Crippen LogP contribution < -0.4 is 11.1 Å². The quantitative estimate of drug-likeness (QED) is 0.651. The van der Waals surface area contributed by atoms with Crippen LogP contribution in [-0.4, -0.2) is 24.5 Å². The molecule has 1 aromatic rings. The molecule has 8 heteroatoms. The lowest BCUT2D eigenvalue weighted by molar-refractivity contribution is -0.146. The number of para-hydroxylation sites is 1. The van der Waals surface area contributed by atoms with Crippen LogP contribution in [0.3, 0.4) is 0 Å². The first kappa shape index (κ1) is 16.0. The van der Waals surface area contributed by atoms with Gasteiger partial charge in [0.1, 0.15) is 0 Å². The summed E-state index contributed by atoms with van der Waals surface area (Å²) >= 11 is 0. The van der Waals surface area contributed by atoms with E-state index in [4.69, 9.17) is 5.73 Å². The van der Waals surface area contributed by atoms with Crippen molar-refractivity contribution in [3.63, 3.8) is 0 Å². The molecule has 0 saturated heterocycles. The van der Waals surface area contributed by atoms with Crippen LogP contribution >= 0.6 is 0 Å². The zero-order chi connectivity index (χ0) is 15.3. The molecular formula is C12H13F3N2O3. The molecule has 1 amide bonds. The van der Waals surface area contributed by atoms with Gasteiger partial charge in [-0.25, -0.2) is 4.79 Å². The number of amides is 1. The van der Waals surface area contributed by atoms with Crippen molar-refractivity contribution in [3.8, 4) is 0 Å². The molecule has 0 spiro atoms. The average Bonchev–Trinajstić information content (AvgIpc) is 2.37. The second-order valence-corrected chi connectivity index (χ2v) is 3.76. The standard InChI is InChI=1S/C12H13F3N2O3/c1-2-20-11(19)9(16)10(18)17-8-6-4-3-5-7(8)12(13,14)15/h3-6,9H,2,16H2,1H3,(H,17,18). The number of hydrogen-bond donors (Lipinski definition) is 2. The predicted octanol–water partition coefficient (Wildman–Crippen LogP) is 1.53. The highest BCUT2D eigenvalue weighted by Crippen LogP contribution is 2.34. The third-order valence-corrected chi connectivity index (χ3v) is 2.31. The van der Waals surface area contributed by atoms with Gasteiger partial charge in [-0.2, -0.15) is 13.2 Å². The number of ether oxygens (including phenoxy) is 1. The number of esters is 1. The number of benzene rings is 1. The Hall–Kier alpha value is -2.09. The van der Waals surface area contributed by atoms with Gasteiger partial charge in [0, 0.05) is 0 Å². The second-order valence-electron chi connectivity index (χ2n) is 3.76. The maximum Gasteiger partial charge on any atom is 0.418 e. The smallest absolute Gasteiger partial charge is 0.418 e. The molecule has 1 aromatic carbocycles. The number of alkyl halides is 3. The number of nitrogens with one attached hydrogen (secondary N) is 1. The predicted molar refractivity (Wildman–Crippen MR) is 64.7 cm³/mol. The third kappa shape index (κ3) is 3.95. The SMILES string of the molecule is CCOC(=O)C(N)C(=O)Nc1ccccc1C(F)(F)F. The summed E-state index contributed by atoms with van der Waals surface area (Å²) in [5, 5.41) is 1.97. The summed E-state index contributed by atoms with van der Waals surface area (Å²) in [4.78, 5) is 22.8. The monoisotopic (exact) mass is 290 g/mol. The molecule has 3 N–H and O–H groups in total. The minimum absolute atomic E-state index is 0.0128. The van der Waals surface area contributed by atoms with Crippen LogP contribution in [0.4, 0.5) is 18.9 Å². The molecule has 0 aromatic heterocycles. The van der Waals surface area contributed by atoms with Gasteiger partial charge < -0.3 is 15.8 Å². The van der Waals surface area contributed by atoms with Crippen LogP contribution in [0.25, 0.3) is 0 Å². The van der Waals surface area contributed by atoms with Crippen molar-refractivity contribution < 1.29 is 27.5 Å². The Bertz CT molecular complexity index is 503. The van der Waals surface area contributed by atoms with Crippen LogP contribution in [0.1, 0.15) is 12.5 Å². The highest BCUT2D eigenvalue weighted by molar-refractivity contribution is 6.08. The Morgan fingerprint density at radius 3 is 2.50 bits per heavy atom. The Balaban J connectivity index is 2.89. The van der Waals surface area contributed by atoms with E-state index in [0.717, 1.165) is 12.1 Å². The van der Waals surface area contributed by atoms with E-state index in [1.54, 1.807) is 0 Å². The highest BCUT2D eigenvalue weighted by atomic mass is 19.4. The first-order valence-electron chi connectivity index (χ1n) is 5.66. The zero-order valence-electron chi connectivity index (χ0n) is 10.5. The summed E-state index contributed by atoms with van der Waals surface area (Å²) in [6.45, 7) is 1.53. The van der Waals surface area contributed by atoms with E-state index in [1.807, 2.05) is 5.32 Å². The second kappa shape index (κ2) is 6.38. The average molecular weight is 290 g/mol. The van der Waals surface area contributed by atoms with Gasteiger partial charge >= 0.3 is 12.1 Å². The molecule has 1 unspecified atom stereocenters. The minimum atomic E-state index is -4.63. The van der Waals surface area contributed by atoms with Gasteiger partial charge in [-0.1, -0.05) is 12.1 Å². The number of rotatable bonds is 4. The lowest BCUT2D eigenvalue weighted by Gasteiger charge is -2.15. The zero-order valence-corrected chi connectivity index (χ0v) is 10.5. The summed E-state index contributed by atoms with van der Waals surface area (Å²) in [5.41, 5.74) is 3.79. The molecule has 20 heavy (non-hydrogen) atoms. The lowest BCUT2D eigenvalue weighted by Crippen LogP contribution is -2.43. The highest BCUT2D eigenvalue weighted by Gasteiger charge is 2.34. The van der Waals surface area contributed by atoms with Crippen LogP contribution in [0.15, 0.2) is 24.3 Å². The summed E-state index contributed by atoms with van der Waals surface area (Å²) in [5.74, 6) is -2.07. The molecule has 0 aliphatic heterocycles. The summed E-state index contributed by atoms with van der Waals surface area (Å²) in [6, 6.07) is 2.70. The molecule has 0 aliphatic rings. The number of halogens is 3. The van der Waals surface area contributed by atoms with Crippen LogP contribution in [0.5, 0.6) is 0 Å². The molecule has 0 aliphatic carbocycles. The number of carbonyl (C=O) groups is 2. The van der Waals surface area contributed by atoms with E-state index in [1.165, 1.54) is 19.1 Å². The number of carbonyl (C=O) groups excluding carboxylic acids is 2. The third-order valence-electron chi connectivity index (χ3n) is 2.31. The molecule has 1 atom stereocenters. The van der Waals surface area contributed by atoms with E-state index >= 15 is 0 Å². The van der Waals surface area contributed by atoms with Crippen molar-refractivity contribution in [3.05, 3.63) is 29.8 Å². The van der Waals surface area contributed by atoms with Crippen molar-refractivity contribution in [1.29, 1.82) is 0 Å². The molecule has 0 heterocycles. The molecular weight excluding hydrogens is 277 g/mol. The van der Waals surface area contributed by atoms with Gasteiger partial charge in [-0.05, 0) is 19.1 Å². The Labute approximate surface area is 112 Å². The van der Waals surface area contributed by atoms with E-state index in [-0.39, 0.29) is 6.61 Å². The van der Waals surface area contributed by atoms with Gasteiger partial charge in [-0.3, -0.25) is 4.79 Å².